The van der Waals surface area contributed by atoms with E-state index in [2.05, 4.69) is 20.5 Å². The number of rotatable bonds is 4. The van der Waals surface area contributed by atoms with Crippen LogP contribution in [0.5, 0.6) is 11.5 Å². The zero-order valence-electron chi connectivity index (χ0n) is 19.9. The van der Waals surface area contributed by atoms with Crippen molar-refractivity contribution in [3.8, 4) is 11.5 Å². The second kappa shape index (κ2) is 10.3. The molecule has 5 rings (SSSR count). The maximum Gasteiger partial charge on any atom is 0.341 e. The summed E-state index contributed by atoms with van der Waals surface area (Å²) in [5, 5.41) is 13.3. The van der Waals surface area contributed by atoms with Crippen molar-refractivity contribution in [3.05, 3.63) is 76.5 Å². The number of nitrogens with zero attached hydrogens (tertiary/aromatic N) is 4. The second-order valence-electron chi connectivity index (χ2n) is 8.93. The van der Waals surface area contributed by atoms with Gasteiger partial charge in [0.1, 0.15) is 29.4 Å². The van der Waals surface area contributed by atoms with Crippen molar-refractivity contribution in [1.29, 1.82) is 0 Å². The van der Waals surface area contributed by atoms with Gasteiger partial charge in [-0.25, -0.2) is 33.4 Å². The summed E-state index contributed by atoms with van der Waals surface area (Å²) in [5.41, 5.74) is 11.4. The number of halogens is 5. The standard InChI is InChI=1S/C24H20F5N7O3/c25-13-5-11(39-22-19(28)14(26)6-15(27)20(22)29)1-2-12(13)21-18-17(31-9-32-23(18)30)7-16(33-34-21)10-3-4-36(8-10)24(37)35-38/h1-2,5-6,9-10,16,33,38H,3-4,7-8H2,(H,35,37)(H2,30,31,32). The molecule has 1 aromatic heterocycles. The fourth-order valence-electron chi connectivity index (χ4n) is 4.66. The molecular formula is C24H20F5N7O3. The minimum Gasteiger partial charge on any atom is -0.451 e. The van der Waals surface area contributed by atoms with Gasteiger partial charge in [0.2, 0.25) is 17.4 Å². The molecule has 0 radical (unpaired) electrons. The van der Waals surface area contributed by atoms with E-state index in [1.54, 1.807) is 5.48 Å². The number of hydroxylamine groups is 1. The Bertz CT molecular complexity index is 1460. The van der Waals surface area contributed by atoms with Crippen LogP contribution in [0, 0.1) is 35.0 Å². The van der Waals surface area contributed by atoms with E-state index in [0.717, 1.165) is 12.1 Å². The van der Waals surface area contributed by atoms with E-state index in [-0.39, 0.29) is 40.7 Å². The summed E-state index contributed by atoms with van der Waals surface area (Å²) in [7, 11) is 0. The minimum atomic E-state index is -1.78. The molecule has 0 bridgehead atoms. The van der Waals surface area contributed by atoms with Gasteiger partial charge in [0.25, 0.3) is 0 Å². The number of nitrogens with two attached hydrogens (primary N) is 1. The number of carbonyl (C=O) groups excluding carboxylic acids is 1. The number of carbonyl (C=O) groups is 1. The molecule has 2 aliphatic heterocycles. The lowest BCUT2D eigenvalue weighted by atomic mass is 9.92. The molecule has 2 atom stereocenters. The molecule has 5 N–H and O–H groups in total. The molecule has 0 spiro atoms. The van der Waals surface area contributed by atoms with Crippen LogP contribution in [-0.2, 0) is 6.42 Å². The van der Waals surface area contributed by atoms with Gasteiger partial charge in [-0.15, -0.1) is 0 Å². The van der Waals surface area contributed by atoms with Gasteiger partial charge in [-0.05, 0) is 18.6 Å². The molecule has 3 heterocycles. The van der Waals surface area contributed by atoms with Gasteiger partial charge in [-0.3, -0.25) is 5.21 Å². The Hall–Kier alpha value is -4.53. The number of hydrazone groups is 1. The molecule has 3 aromatic rings. The van der Waals surface area contributed by atoms with E-state index in [0.29, 0.717) is 31.6 Å². The number of likely N-dealkylation sites (tertiary alicyclic amines) is 1. The maximum absolute atomic E-state index is 15.4. The molecule has 204 valence electrons. The number of anilines is 1. The average molecular weight is 549 g/mol. The largest absolute Gasteiger partial charge is 0.451 e. The van der Waals surface area contributed by atoms with Crippen molar-refractivity contribution in [2.75, 3.05) is 18.8 Å². The van der Waals surface area contributed by atoms with Gasteiger partial charge in [0, 0.05) is 43.1 Å². The summed E-state index contributed by atoms with van der Waals surface area (Å²) in [6.07, 6.45) is 2.16. The fraction of sp³-hybridized carbons (Fsp3) is 0.250. The quantitative estimate of drug-likeness (QED) is 0.170. The van der Waals surface area contributed by atoms with Crippen molar-refractivity contribution >= 4 is 17.6 Å². The Balaban J connectivity index is 1.47. The van der Waals surface area contributed by atoms with Gasteiger partial charge in [-0.1, -0.05) is 0 Å². The third-order valence-corrected chi connectivity index (χ3v) is 6.61. The first kappa shape index (κ1) is 26.1. The summed E-state index contributed by atoms with van der Waals surface area (Å²) in [4.78, 5) is 21.5. The highest BCUT2D eigenvalue weighted by Crippen LogP contribution is 2.33. The number of benzene rings is 2. The first-order valence-corrected chi connectivity index (χ1v) is 11.6. The van der Waals surface area contributed by atoms with E-state index < -0.39 is 46.6 Å². The van der Waals surface area contributed by atoms with Crippen molar-refractivity contribution in [2.24, 2.45) is 11.0 Å². The highest BCUT2D eigenvalue weighted by Gasteiger charge is 2.35. The van der Waals surface area contributed by atoms with Crippen LogP contribution in [0.1, 0.15) is 23.2 Å². The number of urea groups is 1. The van der Waals surface area contributed by atoms with Crippen LogP contribution in [0.25, 0.3) is 0 Å². The van der Waals surface area contributed by atoms with Crippen LogP contribution >= 0.6 is 0 Å². The first-order valence-electron chi connectivity index (χ1n) is 11.6. The van der Waals surface area contributed by atoms with Crippen molar-refractivity contribution < 1.29 is 36.7 Å². The molecule has 10 nitrogen and oxygen atoms in total. The third kappa shape index (κ3) is 4.87. The molecule has 2 amide bonds. The monoisotopic (exact) mass is 549 g/mol. The molecule has 39 heavy (non-hydrogen) atoms. The van der Waals surface area contributed by atoms with Gasteiger partial charge in [0.15, 0.2) is 11.6 Å². The summed E-state index contributed by atoms with van der Waals surface area (Å²) in [5.74, 6) is -9.73. The number of nitrogens with one attached hydrogen (secondary N) is 2. The van der Waals surface area contributed by atoms with Gasteiger partial charge >= 0.3 is 6.03 Å². The summed E-state index contributed by atoms with van der Waals surface area (Å²) < 4.78 is 75.4. The fourth-order valence-corrected chi connectivity index (χ4v) is 4.66. The van der Waals surface area contributed by atoms with Crippen molar-refractivity contribution in [2.45, 2.75) is 18.9 Å². The Kier molecular flexibility index (Phi) is 6.91. The van der Waals surface area contributed by atoms with Gasteiger partial charge in [-0.2, -0.15) is 13.9 Å². The van der Waals surface area contributed by atoms with E-state index in [4.69, 9.17) is 15.7 Å². The lowest BCUT2D eigenvalue weighted by molar-refractivity contribution is 0.134. The van der Waals surface area contributed by atoms with Crippen LogP contribution in [0.4, 0.5) is 32.6 Å². The zero-order chi connectivity index (χ0) is 27.8. The number of hydrogen-bond donors (Lipinski definition) is 4. The zero-order valence-corrected chi connectivity index (χ0v) is 19.9. The summed E-state index contributed by atoms with van der Waals surface area (Å²) in [6.45, 7) is 0.718. The van der Waals surface area contributed by atoms with E-state index in [1.807, 2.05) is 0 Å². The maximum atomic E-state index is 15.4. The SMILES string of the molecule is Nc1ncnc2c1C(c1ccc(Oc3c(F)c(F)cc(F)c3F)cc1F)=NNC(C1CCN(C(=O)NO)C1)C2. The topological polar surface area (TPSA) is 138 Å². The number of nitrogen functional groups attached to an aromatic ring is 1. The Morgan fingerprint density at radius 2 is 1.85 bits per heavy atom. The van der Waals surface area contributed by atoms with Gasteiger partial charge in [0.05, 0.1) is 17.3 Å². The summed E-state index contributed by atoms with van der Waals surface area (Å²) in [6, 6.07) is 2.14. The Morgan fingerprint density at radius 3 is 2.54 bits per heavy atom. The molecule has 0 saturated carbocycles. The highest BCUT2D eigenvalue weighted by atomic mass is 19.2. The van der Waals surface area contributed by atoms with Crippen LogP contribution in [0.3, 0.4) is 0 Å². The first-order chi connectivity index (χ1) is 18.7. The van der Waals surface area contributed by atoms with Gasteiger partial charge < -0.3 is 20.8 Å². The van der Waals surface area contributed by atoms with Crippen LogP contribution in [0.15, 0.2) is 35.7 Å². The van der Waals surface area contributed by atoms with Crippen molar-refractivity contribution in [1.82, 2.24) is 25.8 Å². The molecular weight excluding hydrogens is 529 g/mol. The average Bonchev–Trinajstić information content (AvgIpc) is 3.32. The lowest BCUT2D eigenvalue weighted by Crippen LogP contribution is -2.40. The molecule has 2 aliphatic rings. The van der Waals surface area contributed by atoms with E-state index in [1.165, 1.54) is 17.3 Å². The number of amides is 2. The number of hydrogen-bond acceptors (Lipinski definition) is 8. The van der Waals surface area contributed by atoms with Crippen LogP contribution in [-0.4, -0.2) is 50.9 Å². The Morgan fingerprint density at radius 1 is 1.10 bits per heavy atom. The van der Waals surface area contributed by atoms with Crippen LogP contribution in [0.2, 0.25) is 0 Å². The lowest BCUT2D eigenvalue weighted by Gasteiger charge is -2.22. The molecule has 15 heteroatoms. The number of fused-ring (bicyclic) bond motifs is 1. The molecule has 1 saturated heterocycles. The predicted molar refractivity (Wildman–Crippen MR) is 125 cm³/mol. The minimum absolute atomic E-state index is 0.0213. The van der Waals surface area contributed by atoms with E-state index >= 15 is 4.39 Å². The smallest absolute Gasteiger partial charge is 0.341 e. The van der Waals surface area contributed by atoms with E-state index in [9.17, 15) is 22.4 Å². The Labute approximate surface area is 217 Å². The second-order valence-corrected chi connectivity index (χ2v) is 8.93. The number of ether oxygens (including phenoxy) is 1. The molecule has 2 unspecified atom stereocenters. The predicted octanol–water partition coefficient (Wildman–Crippen LogP) is 3.23. The molecule has 2 aromatic carbocycles. The third-order valence-electron chi connectivity index (χ3n) is 6.61. The van der Waals surface area contributed by atoms with Crippen LogP contribution < -0.4 is 21.4 Å². The summed E-state index contributed by atoms with van der Waals surface area (Å²) >= 11 is 0. The molecule has 0 aliphatic carbocycles. The number of aromatic nitrogens is 2. The highest BCUT2D eigenvalue weighted by molar-refractivity contribution is 6.16. The molecule has 1 fully saturated rings. The van der Waals surface area contributed by atoms with Crippen molar-refractivity contribution in [3.63, 3.8) is 0 Å². The normalized spacial score (nSPS) is 18.6.